The summed E-state index contributed by atoms with van der Waals surface area (Å²) in [5.74, 6) is 1.71. The zero-order chi connectivity index (χ0) is 28.3. The van der Waals surface area contributed by atoms with E-state index in [0.29, 0.717) is 29.7 Å². The summed E-state index contributed by atoms with van der Waals surface area (Å²) >= 11 is 0. The Bertz CT molecular complexity index is 1470. The smallest absolute Gasteiger partial charge is 0.246 e. The van der Waals surface area contributed by atoms with Crippen LogP contribution in [0.2, 0.25) is 0 Å². The molecule has 3 heterocycles. The highest BCUT2D eigenvalue weighted by Gasteiger charge is 2.20. The lowest BCUT2D eigenvalue weighted by Gasteiger charge is -2.28. The number of ether oxygens (including phenoxy) is 2. The molecule has 0 unspecified atom stereocenters. The summed E-state index contributed by atoms with van der Waals surface area (Å²) in [5, 5.41) is 12.0. The fourth-order valence-corrected chi connectivity index (χ4v) is 4.78. The van der Waals surface area contributed by atoms with Crippen LogP contribution < -0.4 is 14.8 Å². The third-order valence-corrected chi connectivity index (χ3v) is 7.29. The van der Waals surface area contributed by atoms with Crippen LogP contribution in [0, 0.1) is 5.92 Å². The molecule has 0 atom stereocenters. The molecule has 1 aliphatic heterocycles. The largest absolute Gasteiger partial charge is 0.493 e. The molecule has 2 aromatic carbocycles. The molecule has 1 N–H and O–H groups in total. The van der Waals surface area contributed by atoms with Gasteiger partial charge in [-0.25, -0.2) is 14.6 Å². The molecule has 0 aliphatic carbocycles. The molecule has 0 spiro atoms. The number of benzene rings is 2. The normalized spacial score (nSPS) is 14.8. The minimum absolute atomic E-state index is 0.0867. The molecular weight excluding hydrogens is 506 g/mol. The summed E-state index contributed by atoms with van der Waals surface area (Å²) in [6.45, 7) is 9.13. The highest BCUT2D eigenvalue weighted by molar-refractivity contribution is 5.95. The van der Waals surface area contributed by atoms with Gasteiger partial charge in [0, 0.05) is 34.3 Å². The summed E-state index contributed by atoms with van der Waals surface area (Å²) in [6, 6.07) is 11.5. The van der Waals surface area contributed by atoms with Crippen LogP contribution in [0.4, 0.5) is 5.69 Å². The lowest BCUT2D eigenvalue weighted by Crippen LogP contribution is -2.32. The lowest BCUT2D eigenvalue weighted by atomic mass is 9.93. The number of rotatable bonds is 8. The van der Waals surface area contributed by atoms with Crippen molar-refractivity contribution in [3.63, 3.8) is 0 Å². The lowest BCUT2D eigenvalue weighted by molar-refractivity contribution is -0.116. The van der Waals surface area contributed by atoms with E-state index in [0.717, 1.165) is 53.8 Å². The number of aromatic nitrogens is 5. The number of carbonyl (C=O) groups is 1. The van der Waals surface area contributed by atoms with Crippen molar-refractivity contribution in [2.75, 3.05) is 39.2 Å². The van der Waals surface area contributed by atoms with Crippen LogP contribution in [0.5, 0.6) is 11.5 Å². The molecule has 40 heavy (non-hydrogen) atoms. The van der Waals surface area contributed by atoms with Crippen molar-refractivity contribution < 1.29 is 14.3 Å². The molecule has 1 aliphatic rings. The third kappa shape index (κ3) is 6.39. The SMILES string of the molecule is COc1cc2c(-c3ccc(NC(=O)Cn4cc(C(C)(C)C)nn4)cc3)ncnc2cc1OCC1CCN(C)CC1. The van der Waals surface area contributed by atoms with Crippen molar-refractivity contribution in [3.8, 4) is 22.8 Å². The number of piperidine rings is 1. The first-order valence-electron chi connectivity index (χ1n) is 13.6. The number of carbonyl (C=O) groups excluding carboxylic acids is 1. The number of nitrogens with one attached hydrogen (secondary N) is 1. The first kappa shape index (κ1) is 27.5. The maximum Gasteiger partial charge on any atom is 0.246 e. The molecule has 1 amide bonds. The summed E-state index contributed by atoms with van der Waals surface area (Å²) in [6.07, 6.45) is 5.63. The number of amides is 1. The van der Waals surface area contributed by atoms with Crippen LogP contribution in [-0.4, -0.2) is 69.6 Å². The highest BCUT2D eigenvalue weighted by Crippen LogP contribution is 2.36. The fraction of sp³-hybridized carbons (Fsp3) is 0.433. The number of methoxy groups -OCH3 is 1. The van der Waals surface area contributed by atoms with Crippen molar-refractivity contribution in [1.29, 1.82) is 0 Å². The Morgan fingerprint density at radius 1 is 1.07 bits per heavy atom. The Morgan fingerprint density at radius 3 is 2.50 bits per heavy atom. The molecule has 0 radical (unpaired) electrons. The minimum Gasteiger partial charge on any atom is -0.493 e. The molecular formula is C30H37N7O3. The predicted octanol–water partition coefficient (Wildman–Crippen LogP) is 4.55. The maximum absolute atomic E-state index is 12.6. The molecule has 1 fully saturated rings. The van der Waals surface area contributed by atoms with E-state index in [-0.39, 0.29) is 17.9 Å². The van der Waals surface area contributed by atoms with Crippen LogP contribution >= 0.6 is 0 Å². The van der Waals surface area contributed by atoms with E-state index in [1.54, 1.807) is 18.1 Å². The van der Waals surface area contributed by atoms with Crippen LogP contribution in [0.25, 0.3) is 22.2 Å². The second-order valence-corrected chi connectivity index (χ2v) is 11.5. The number of nitrogens with zero attached hydrogens (tertiary/aromatic N) is 6. The van der Waals surface area contributed by atoms with Gasteiger partial charge in [-0.1, -0.05) is 38.1 Å². The predicted molar refractivity (Wildman–Crippen MR) is 155 cm³/mol. The summed E-state index contributed by atoms with van der Waals surface area (Å²) in [5.41, 5.74) is 3.86. The van der Waals surface area contributed by atoms with Crippen molar-refractivity contribution >= 4 is 22.5 Å². The Hall–Kier alpha value is -4.05. The second kappa shape index (κ2) is 11.6. The Labute approximate surface area is 234 Å². The van der Waals surface area contributed by atoms with E-state index in [2.05, 4.69) is 58.3 Å². The zero-order valence-electron chi connectivity index (χ0n) is 23.8. The first-order valence-corrected chi connectivity index (χ1v) is 13.6. The topological polar surface area (TPSA) is 107 Å². The van der Waals surface area contributed by atoms with E-state index < -0.39 is 0 Å². The van der Waals surface area contributed by atoms with Gasteiger partial charge in [0.15, 0.2) is 11.5 Å². The molecule has 0 saturated carbocycles. The number of anilines is 1. The molecule has 1 saturated heterocycles. The van der Waals surface area contributed by atoms with Crippen molar-refractivity contribution in [3.05, 3.63) is 54.6 Å². The molecule has 2 aromatic heterocycles. The third-order valence-electron chi connectivity index (χ3n) is 7.29. The van der Waals surface area contributed by atoms with E-state index >= 15 is 0 Å². The van der Waals surface area contributed by atoms with Gasteiger partial charge in [0.1, 0.15) is 12.9 Å². The number of likely N-dealkylation sites (tertiary alicyclic amines) is 1. The maximum atomic E-state index is 12.6. The van der Waals surface area contributed by atoms with Gasteiger partial charge in [0.25, 0.3) is 0 Å². The number of fused-ring (bicyclic) bond motifs is 1. The van der Waals surface area contributed by atoms with E-state index in [4.69, 9.17) is 9.47 Å². The Morgan fingerprint density at radius 2 is 1.82 bits per heavy atom. The van der Waals surface area contributed by atoms with Gasteiger partial charge in [0.2, 0.25) is 5.91 Å². The van der Waals surface area contributed by atoms with Crippen LogP contribution in [0.15, 0.2) is 48.9 Å². The molecule has 0 bridgehead atoms. The van der Waals surface area contributed by atoms with E-state index in [1.807, 2.05) is 42.6 Å². The van der Waals surface area contributed by atoms with Gasteiger partial charge >= 0.3 is 0 Å². The molecule has 4 aromatic rings. The van der Waals surface area contributed by atoms with E-state index in [9.17, 15) is 4.79 Å². The van der Waals surface area contributed by atoms with Gasteiger partial charge in [0.05, 0.1) is 30.6 Å². The average molecular weight is 544 g/mol. The van der Waals surface area contributed by atoms with Gasteiger partial charge < -0.3 is 19.7 Å². The minimum atomic E-state index is -0.178. The van der Waals surface area contributed by atoms with Gasteiger partial charge in [-0.3, -0.25) is 4.79 Å². The van der Waals surface area contributed by atoms with Crippen molar-refractivity contribution in [1.82, 2.24) is 29.9 Å². The molecule has 210 valence electrons. The van der Waals surface area contributed by atoms with Crippen LogP contribution in [-0.2, 0) is 16.8 Å². The molecule has 10 heteroatoms. The molecule has 10 nitrogen and oxygen atoms in total. The van der Waals surface area contributed by atoms with Crippen LogP contribution in [0.1, 0.15) is 39.3 Å². The Kier molecular flexibility index (Phi) is 7.97. The quantitative estimate of drug-likeness (QED) is 0.345. The number of hydrogen-bond donors (Lipinski definition) is 1. The summed E-state index contributed by atoms with van der Waals surface area (Å²) < 4.78 is 13.5. The summed E-state index contributed by atoms with van der Waals surface area (Å²) in [4.78, 5) is 24.0. The van der Waals surface area contributed by atoms with Gasteiger partial charge in [-0.2, -0.15) is 0 Å². The highest BCUT2D eigenvalue weighted by atomic mass is 16.5. The van der Waals surface area contributed by atoms with E-state index in [1.165, 1.54) is 0 Å². The van der Waals surface area contributed by atoms with Crippen LogP contribution in [0.3, 0.4) is 0 Å². The van der Waals surface area contributed by atoms with Crippen molar-refractivity contribution in [2.45, 2.75) is 45.6 Å². The van der Waals surface area contributed by atoms with Gasteiger partial charge in [-0.05, 0) is 57.1 Å². The monoisotopic (exact) mass is 543 g/mol. The van der Waals surface area contributed by atoms with Crippen molar-refractivity contribution in [2.24, 2.45) is 5.92 Å². The second-order valence-electron chi connectivity index (χ2n) is 11.5. The first-order chi connectivity index (χ1) is 19.2. The average Bonchev–Trinajstić information content (AvgIpc) is 3.41. The van der Waals surface area contributed by atoms with Gasteiger partial charge in [-0.15, -0.1) is 5.10 Å². The fourth-order valence-electron chi connectivity index (χ4n) is 4.78. The molecule has 5 rings (SSSR count). The Balaban J connectivity index is 1.28. The standard InChI is InChI=1S/C30H37N7O3/c1-30(2,3)27-16-37(35-34-27)17-28(38)33-22-8-6-21(7-9-22)29-23-14-25(39-5)26(15-24(23)31-19-32-29)40-18-20-10-12-36(4)13-11-20/h6-9,14-16,19-20H,10-13,17-18H2,1-5H3,(H,33,38). The number of hydrogen-bond acceptors (Lipinski definition) is 8. The summed E-state index contributed by atoms with van der Waals surface area (Å²) in [7, 11) is 3.81. The zero-order valence-corrected chi connectivity index (χ0v) is 23.8.